The molecule has 0 spiro atoms. The fraction of sp³-hybridized carbons (Fsp3) is 0.474. The van der Waals surface area contributed by atoms with E-state index in [1.807, 2.05) is 0 Å². The minimum atomic E-state index is -4.61. The summed E-state index contributed by atoms with van der Waals surface area (Å²) in [5, 5.41) is 1.62. The van der Waals surface area contributed by atoms with E-state index in [1.54, 1.807) is 31.3 Å². The largest absolute Gasteiger partial charge is 0.451 e. The lowest BCUT2D eigenvalue weighted by atomic mass is 10.0. The first-order valence-electron chi connectivity index (χ1n) is 8.94. The molecule has 7 nitrogen and oxygen atoms in total. The maximum Gasteiger partial charge on any atom is 0.405 e. The van der Waals surface area contributed by atoms with Crippen LogP contribution in [0, 0.1) is 5.92 Å². The van der Waals surface area contributed by atoms with Crippen molar-refractivity contribution >= 4 is 23.7 Å². The van der Waals surface area contributed by atoms with Gasteiger partial charge in [0.15, 0.2) is 6.10 Å². The molecule has 0 bridgehead atoms. The summed E-state index contributed by atoms with van der Waals surface area (Å²) in [6.45, 7) is 3.07. The van der Waals surface area contributed by atoms with Gasteiger partial charge in [-0.25, -0.2) is 4.79 Å². The van der Waals surface area contributed by atoms with E-state index < -0.39 is 48.6 Å². The number of hydrogen-bond donors (Lipinski definition) is 1. The second-order valence-corrected chi connectivity index (χ2v) is 7.08. The van der Waals surface area contributed by atoms with Crippen LogP contribution in [0.2, 0.25) is 0 Å². The standard InChI is InChI=1S/C19H21F3N2O5/c1-10(2)8-14(18(28)29-11(3)15(25)23-9-19(20,21)22)24-16(26)12-6-4-5-7-13(12)17(24)27/h4-7,10-11,14H,8-9H2,1-3H3,(H,23,25)/t11-,14-/m0/s1. The van der Waals surface area contributed by atoms with Crippen LogP contribution in [-0.4, -0.2) is 53.5 Å². The summed E-state index contributed by atoms with van der Waals surface area (Å²) in [7, 11) is 0. The van der Waals surface area contributed by atoms with Crippen LogP contribution in [-0.2, 0) is 14.3 Å². The summed E-state index contributed by atoms with van der Waals surface area (Å²) >= 11 is 0. The van der Waals surface area contributed by atoms with Crippen molar-refractivity contribution in [2.75, 3.05) is 6.54 Å². The molecule has 158 valence electrons. The molecule has 1 aliphatic heterocycles. The van der Waals surface area contributed by atoms with Crippen LogP contribution in [0.5, 0.6) is 0 Å². The van der Waals surface area contributed by atoms with Crippen LogP contribution in [0.1, 0.15) is 47.9 Å². The highest BCUT2D eigenvalue weighted by molar-refractivity contribution is 6.22. The summed E-state index contributed by atoms with van der Waals surface area (Å²) in [4.78, 5) is 50.5. The molecule has 10 heteroatoms. The molecule has 0 saturated carbocycles. The van der Waals surface area contributed by atoms with E-state index in [4.69, 9.17) is 4.74 Å². The zero-order chi connectivity index (χ0) is 21.9. The lowest BCUT2D eigenvalue weighted by Gasteiger charge is -2.27. The number of halogens is 3. The molecule has 0 fully saturated rings. The van der Waals surface area contributed by atoms with Gasteiger partial charge in [-0.1, -0.05) is 26.0 Å². The SMILES string of the molecule is CC(C)C[C@@H](C(=O)O[C@@H](C)C(=O)NCC(F)(F)F)N1C(=O)c2ccccc2C1=O. The van der Waals surface area contributed by atoms with Crippen molar-refractivity contribution in [3.63, 3.8) is 0 Å². The van der Waals surface area contributed by atoms with Gasteiger partial charge in [0.05, 0.1) is 11.1 Å². The molecule has 1 N–H and O–H groups in total. The van der Waals surface area contributed by atoms with E-state index in [0.29, 0.717) is 0 Å². The van der Waals surface area contributed by atoms with E-state index in [9.17, 15) is 32.3 Å². The predicted octanol–water partition coefficient (Wildman–Crippen LogP) is 2.31. The highest BCUT2D eigenvalue weighted by atomic mass is 19.4. The third kappa shape index (κ3) is 5.33. The minimum absolute atomic E-state index is 0.0706. The van der Waals surface area contributed by atoms with Crippen LogP contribution in [0.3, 0.4) is 0 Å². The van der Waals surface area contributed by atoms with Crippen molar-refractivity contribution in [2.24, 2.45) is 5.92 Å². The van der Waals surface area contributed by atoms with E-state index in [-0.39, 0.29) is 23.5 Å². The van der Waals surface area contributed by atoms with E-state index >= 15 is 0 Å². The molecule has 0 aromatic heterocycles. The van der Waals surface area contributed by atoms with Crippen molar-refractivity contribution in [3.05, 3.63) is 35.4 Å². The number of benzene rings is 1. The molecule has 1 heterocycles. The third-order valence-corrected chi connectivity index (χ3v) is 4.23. The van der Waals surface area contributed by atoms with Gasteiger partial charge >= 0.3 is 12.1 Å². The molecule has 29 heavy (non-hydrogen) atoms. The number of esters is 1. The monoisotopic (exact) mass is 414 g/mol. The molecular weight excluding hydrogens is 393 g/mol. The van der Waals surface area contributed by atoms with Crippen molar-refractivity contribution in [1.82, 2.24) is 10.2 Å². The van der Waals surface area contributed by atoms with Gasteiger partial charge in [-0.05, 0) is 31.4 Å². The molecule has 1 aromatic rings. The zero-order valence-electron chi connectivity index (χ0n) is 16.1. The van der Waals surface area contributed by atoms with Gasteiger partial charge in [0.25, 0.3) is 17.7 Å². The first-order chi connectivity index (χ1) is 13.4. The minimum Gasteiger partial charge on any atom is -0.451 e. The second-order valence-electron chi connectivity index (χ2n) is 7.08. The Hall–Kier alpha value is -2.91. The van der Waals surface area contributed by atoms with Crippen molar-refractivity contribution < 1.29 is 37.1 Å². The van der Waals surface area contributed by atoms with Gasteiger partial charge in [0.2, 0.25) is 0 Å². The lowest BCUT2D eigenvalue weighted by molar-refractivity contribution is -0.161. The first-order valence-corrected chi connectivity index (χ1v) is 8.94. The summed E-state index contributed by atoms with van der Waals surface area (Å²) in [5.41, 5.74) is 0.296. The second kappa shape index (κ2) is 8.62. The Bertz CT molecular complexity index is 787. The summed E-state index contributed by atoms with van der Waals surface area (Å²) in [5.74, 6) is -3.62. The molecule has 0 unspecified atom stereocenters. The van der Waals surface area contributed by atoms with Gasteiger partial charge in [-0.2, -0.15) is 13.2 Å². The fourth-order valence-corrected chi connectivity index (χ4v) is 2.88. The zero-order valence-corrected chi connectivity index (χ0v) is 16.1. The molecule has 3 amide bonds. The molecule has 2 atom stereocenters. The molecule has 0 radical (unpaired) electrons. The summed E-state index contributed by atoms with van der Waals surface area (Å²) in [6.07, 6.45) is -6.07. The highest BCUT2D eigenvalue weighted by Gasteiger charge is 2.44. The molecule has 1 aliphatic rings. The molecule has 1 aromatic carbocycles. The van der Waals surface area contributed by atoms with E-state index in [2.05, 4.69) is 0 Å². The van der Waals surface area contributed by atoms with Crippen molar-refractivity contribution in [2.45, 2.75) is 45.5 Å². The number of fused-ring (bicyclic) bond motifs is 1. The number of rotatable bonds is 7. The maximum atomic E-state index is 12.7. The van der Waals surface area contributed by atoms with Gasteiger partial charge in [0, 0.05) is 0 Å². The highest BCUT2D eigenvalue weighted by Crippen LogP contribution is 2.27. The van der Waals surface area contributed by atoms with Crippen LogP contribution < -0.4 is 5.32 Å². The Balaban J connectivity index is 2.16. The number of carbonyl (C=O) groups excluding carboxylic acids is 4. The number of ether oxygens (including phenoxy) is 1. The Morgan fingerprint density at radius 2 is 1.59 bits per heavy atom. The van der Waals surface area contributed by atoms with Gasteiger partial charge in [0.1, 0.15) is 12.6 Å². The van der Waals surface area contributed by atoms with Crippen molar-refractivity contribution in [1.29, 1.82) is 0 Å². The molecule has 0 saturated heterocycles. The Morgan fingerprint density at radius 3 is 2.03 bits per heavy atom. The number of carbonyl (C=O) groups is 4. The van der Waals surface area contributed by atoms with Crippen LogP contribution in [0.25, 0.3) is 0 Å². The number of nitrogens with one attached hydrogen (secondary N) is 1. The summed E-state index contributed by atoms with van der Waals surface area (Å²) in [6, 6.07) is 4.77. The Labute approximate surface area is 165 Å². The average Bonchev–Trinajstić information content (AvgIpc) is 2.88. The van der Waals surface area contributed by atoms with Crippen molar-refractivity contribution in [3.8, 4) is 0 Å². The first kappa shape index (κ1) is 22.4. The number of amides is 3. The predicted molar refractivity (Wildman–Crippen MR) is 94.8 cm³/mol. The number of imide groups is 1. The van der Waals surface area contributed by atoms with E-state index in [0.717, 1.165) is 11.8 Å². The van der Waals surface area contributed by atoms with Gasteiger partial charge in [-0.3, -0.25) is 19.3 Å². The smallest absolute Gasteiger partial charge is 0.405 e. The molecular formula is C19H21F3N2O5. The quantitative estimate of drug-likeness (QED) is 0.546. The normalized spacial score (nSPS) is 15.9. The van der Waals surface area contributed by atoms with Crippen LogP contribution >= 0.6 is 0 Å². The Kier molecular flexibility index (Phi) is 6.66. The Morgan fingerprint density at radius 1 is 1.07 bits per heavy atom. The number of nitrogens with zero attached hydrogens (tertiary/aromatic N) is 1. The van der Waals surface area contributed by atoms with Crippen LogP contribution in [0.4, 0.5) is 13.2 Å². The number of alkyl halides is 3. The number of hydrogen-bond acceptors (Lipinski definition) is 5. The lowest BCUT2D eigenvalue weighted by Crippen LogP contribution is -2.48. The summed E-state index contributed by atoms with van der Waals surface area (Å²) < 4.78 is 41.7. The van der Waals surface area contributed by atoms with Gasteiger partial charge < -0.3 is 10.1 Å². The van der Waals surface area contributed by atoms with E-state index in [1.165, 1.54) is 12.1 Å². The maximum absolute atomic E-state index is 12.7. The average molecular weight is 414 g/mol. The third-order valence-electron chi connectivity index (χ3n) is 4.23. The van der Waals surface area contributed by atoms with Gasteiger partial charge in [-0.15, -0.1) is 0 Å². The molecule has 0 aliphatic carbocycles. The fourth-order valence-electron chi connectivity index (χ4n) is 2.88. The topological polar surface area (TPSA) is 92.8 Å². The molecule has 2 rings (SSSR count). The van der Waals surface area contributed by atoms with Crippen LogP contribution in [0.15, 0.2) is 24.3 Å².